The second-order valence-corrected chi connectivity index (χ2v) is 15.2. The van der Waals surface area contributed by atoms with Crippen LogP contribution in [-0.2, 0) is 0 Å². The predicted octanol–water partition coefficient (Wildman–Crippen LogP) is 11.4. The van der Waals surface area contributed by atoms with Gasteiger partial charge in [-0.15, -0.1) is 22.7 Å². The van der Waals surface area contributed by atoms with Crippen LogP contribution in [0, 0.1) is 13.8 Å². The van der Waals surface area contributed by atoms with Crippen LogP contribution < -0.4 is 4.74 Å². The number of thioether (sulfide) groups is 2. The van der Waals surface area contributed by atoms with Crippen LogP contribution >= 0.6 is 46.2 Å². The Hall–Kier alpha value is -3.82. The van der Waals surface area contributed by atoms with Gasteiger partial charge >= 0.3 is 0 Å². The number of thiophene rings is 2. The third kappa shape index (κ3) is 4.77. The molecule has 0 saturated carbocycles. The standard InChI is InChI=1S/C36H26N2O2S4/c1-4-40-24-13-9-22(10-14-24)36-38-28-18-25(29-15-5-19(2)41-29)33-31-27(37-35(43-33)21-7-11-23(39)12-8-21)17-26(34(44-36)32(28)31)30-16-6-20(3)42-30/h5-18,39H,4H2,1-3H3. The van der Waals surface area contributed by atoms with Crippen LogP contribution in [-0.4, -0.2) is 21.8 Å². The van der Waals surface area contributed by atoms with Gasteiger partial charge in [-0.25, -0.2) is 9.98 Å². The number of rotatable bonds is 6. The third-order valence-electron chi connectivity index (χ3n) is 7.65. The first-order valence-corrected chi connectivity index (χ1v) is 17.6. The molecule has 8 rings (SSSR count). The zero-order valence-electron chi connectivity index (χ0n) is 24.2. The highest BCUT2D eigenvalue weighted by Gasteiger charge is 2.30. The van der Waals surface area contributed by atoms with Gasteiger partial charge in [-0.2, -0.15) is 0 Å². The molecule has 0 unspecified atom stereocenters. The quantitative estimate of drug-likeness (QED) is 0.196. The normalized spacial score (nSPS) is 13.6. The van der Waals surface area contributed by atoms with E-state index >= 15 is 0 Å². The van der Waals surface area contributed by atoms with E-state index in [-0.39, 0.29) is 5.75 Å². The second kappa shape index (κ2) is 11.0. The molecule has 0 bridgehead atoms. The summed E-state index contributed by atoms with van der Waals surface area (Å²) >= 11 is 7.06. The largest absolute Gasteiger partial charge is 0.508 e. The van der Waals surface area contributed by atoms with Crippen molar-refractivity contribution in [3.05, 3.63) is 106 Å². The number of ether oxygens (including phenoxy) is 1. The number of hydrogen-bond donors (Lipinski definition) is 1. The summed E-state index contributed by atoms with van der Waals surface area (Å²) in [5.74, 6) is 1.11. The smallest absolute Gasteiger partial charge is 0.119 e. The van der Waals surface area contributed by atoms with Crippen molar-refractivity contribution >= 4 is 78.4 Å². The summed E-state index contributed by atoms with van der Waals surface area (Å²) in [6.07, 6.45) is 0. The monoisotopic (exact) mass is 646 g/mol. The van der Waals surface area contributed by atoms with E-state index in [1.807, 2.05) is 31.2 Å². The van der Waals surface area contributed by atoms with Crippen molar-refractivity contribution in [1.82, 2.24) is 0 Å². The van der Waals surface area contributed by atoms with Gasteiger partial charge in [0.15, 0.2) is 0 Å². The van der Waals surface area contributed by atoms with Crippen LogP contribution in [0.3, 0.4) is 0 Å². The molecule has 4 heterocycles. The van der Waals surface area contributed by atoms with Crippen molar-refractivity contribution in [2.24, 2.45) is 9.98 Å². The second-order valence-electron chi connectivity index (χ2n) is 10.7. The number of nitrogens with zero attached hydrogens (tertiary/aromatic N) is 2. The molecule has 4 nitrogen and oxygen atoms in total. The lowest BCUT2D eigenvalue weighted by Crippen LogP contribution is -2.05. The maximum absolute atomic E-state index is 9.97. The molecule has 8 heteroatoms. The molecule has 44 heavy (non-hydrogen) atoms. The van der Waals surface area contributed by atoms with Crippen LogP contribution in [0.4, 0.5) is 11.4 Å². The molecule has 0 atom stereocenters. The van der Waals surface area contributed by atoms with Crippen molar-refractivity contribution in [1.29, 1.82) is 0 Å². The summed E-state index contributed by atoms with van der Waals surface area (Å²) in [5.41, 5.74) is 6.35. The average Bonchev–Trinajstić information content (AvgIpc) is 3.67. The fraction of sp³-hybridized carbons (Fsp3) is 0.111. The summed E-state index contributed by atoms with van der Waals surface area (Å²) in [6, 6.07) is 29.0. The predicted molar refractivity (Wildman–Crippen MR) is 190 cm³/mol. The van der Waals surface area contributed by atoms with E-state index in [0.29, 0.717) is 6.61 Å². The van der Waals surface area contributed by atoms with Crippen molar-refractivity contribution in [3.8, 4) is 32.4 Å². The van der Waals surface area contributed by atoms with E-state index in [0.717, 1.165) is 49.1 Å². The van der Waals surface area contributed by atoms with E-state index in [4.69, 9.17) is 14.7 Å². The van der Waals surface area contributed by atoms with Crippen LogP contribution in [0.2, 0.25) is 0 Å². The van der Waals surface area contributed by atoms with Gasteiger partial charge in [-0.05, 0) is 106 Å². The number of aromatic hydroxyl groups is 1. The lowest BCUT2D eigenvalue weighted by molar-refractivity contribution is 0.340. The Kier molecular flexibility index (Phi) is 6.90. The summed E-state index contributed by atoms with van der Waals surface area (Å²) in [7, 11) is 0. The van der Waals surface area contributed by atoms with Gasteiger partial charge in [0.05, 0.1) is 18.0 Å². The van der Waals surface area contributed by atoms with E-state index in [1.54, 1.807) is 58.3 Å². The zero-order valence-corrected chi connectivity index (χ0v) is 27.4. The molecule has 1 N–H and O–H groups in total. The fourth-order valence-electron chi connectivity index (χ4n) is 5.62. The molecular formula is C36H26N2O2S4. The minimum atomic E-state index is 0.248. The van der Waals surface area contributed by atoms with Crippen LogP contribution in [0.5, 0.6) is 11.5 Å². The molecule has 0 radical (unpaired) electrons. The molecule has 2 aliphatic rings. The first-order valence-electron chi connectivity index (χ1n) is 14.3. The summed E-state index contributed by atoms with van der Waals surface area (Å²) in [4.78, 5) is 18.0. The highest BCUT2D eigenvalue weighted by Crippen LogP contribution is 2.57. The maximum Gasteiger partial charge on any atom is 0.119 e. The lowest BCUT2D eigenvalue weighted by atomic mass is 9.98. The lowest BCUT2D eigenvalue weighted by Gasteiger charge is -2.26. The van der Waals surface area contributed by atoms with Crippen LogP contribution in [0.25, 0.3) is 31.7 Å². The van der Waals surface area contributed by atoms with E-state index in [9.17, 15) is 5.11 Å². The summed E-state index contributed by atoms with van der Waals surface area (Å²) < 4.78 is 5.72. The Morgan fingerprint density at radius 2 is 1.11 bits per heavy atom. The molecular weight excluding hydrogens is 621 g/mol. The number of phenolic OH excluding ortho intramolecular Hbond substituents is 1. The van der Waals surface area contributed by atoms with Gasteiger partial charge in [0.1, 0.15) is 21.6 Å². The zero-order chi connectivity index (χ0) is 29.9. The number of aliphatic imine (C=N–C) groups is 2. The molecule has 216 valence electrons. The van der Waals surface area contributed by atoms with Crippen LogP contribution in [0.15, 0.2) is 105 Å². The van der Waals surface area contributed by atoms with Crippen molar-refractivity contribution in [2.45, 2.75) is 30.6 Å². The molecule has 0 aliphatic carbocycles. The molecule has 6 aromatic rings. The van der Waals surface area contributed by atoms with E-state index in [2.05, 4.69) is 62.4 Å². The van der Waals surface area contributed by atoms with Crippen molar-refractivity contribution in [3.63, 3.8) is 0 Å². The molecule has 0 fully saturated rings. The first-order chi connectivity index (χ1) is 21.4. The Morgan fingerprint density at radius 3 is 1.55 bits per heavy atom. The van der Waals surface area contributed by atoms with Gasteiger partial charge in [0, 0.05) is 62.3 Å². The Morgan fingerprint density at radius 1 is 0.636 bits per heavy atom. The average molecular weight is 647 g/mol. The topological polar surface area (TPSA) is 54.2 Å². The van der Waals surface area contributed by atoms with Gasteiger partial charge in [-0.1, -0.05) is 23.5 Å². The first kappa shape index (κ1) is 27.7. The molecule has 2 aromatic heterocycles. The highest BCUT2D eigenvalue weighted by atomic mass is 32.2. The van der Waals surface area contributed by atoms with E-state index in [1.165, 1.54) is 40.4 Å². The number of hydrogen-bond acceptors (Lipinski definition) is 8. The molecule has 0 amide bonds. The number of phenols is 1. The van der Waals surface area contributed by atoms with Gasteiger partial charge in [0.2, 0.25) is 0 Å². The molecule has 4 aromatic carbocycles. The van der Waals surface area contributed by atoms with Gasteiger partial charge < -0.3 is 9.84 Å². The SMILES string of the molecule is CCOc1ccc(C2=Nc3cc(-c4ccc(C)s4)c4c5c(cc(-c6ccc(C)s6)c(c35)S2)N=C(c2ccc(O)cc2)S4)cc1. The molecule has 2 aliphatic heterocycles. The van der Waals surface area contributed by atoms with Gasteiger partial charge in [0.25, 0.3) is 0 Å². The van der Waals surface area contributed by atoms with Gasteiger partial charge in [-0.3, -0.25) is 0 Å². The highest BCUT2D eigenvalue weighted by molar-refractivity contribution is 8.15. The van der Waals surface area contributed by atoms with Crippen molar-refractivity contribution in [2.75, 3.05) is 6.61 Å². The molecule has 0 saturated heterocycles. The van der Waals surface area contributed by atoms with Crippen LogP contribution in [0.1, 0.15) is 27.8 Å². The Balaban J connectivity index is 1.42. The van der Waals surface area contributed by atoms with Crippen molar-refractivity contribution < 1.29 is 9.84 Å². The maximum atomic E-state index is 9.97. The minimum absolute atomic E-state index is 0.248. The Bertz CT molecular complexity index is 2160. The fourth-order valence-corrected chi connectivity index (χ4v) is 9.88. The minimum Gasteiger partial charge on any atom is -0.508 e. The molecule has 0 spiro atoms. The summed E-state index contributed by atoms with van der Waals surface area (Å²) in [5, 5.41) is 14.2. The number of aryl methyl sites for hydroxylation is 2. The number of benzene rings is 4. The van der Waals surface area contributed by atoms with E-state index < -0.39 is 0 Å². The third-order valence-corrected chi connectivity index (χ3v) is 12.0. The Labute approximate surface area is 272 Å². The summed E-state index contributed by atoms with van der Waals surface area (Å²) in [6.45, 7) is 6.94.